The van der Waals surface area contributed by atoms with E-state index in [2.05, 4.69) is 20.3 Å². The van der Waals surface area contributed by atoms with Gasteiger partial charge in [0.2, 0.25) is 10.0 Å². The summed E-state index contributed by atoms with van der Waals surface area (Å²) in [5.74, 6) is 0.578. The van der Waals surface area contributed by atoms with Gasteiger partial charge in [-0.25, -0.2) is 13.1 Å². The lowest BCUT2D eigenvalue weighted by Crippen LogP contribution is -2.42. The first-order valence-corrected chi connectivity index (χ1v) is 10.6. The number of guanidine groups is 1. The first-order chi connectivity index (χ1) is 13.3. The minimum absolute atomic E-state index is 0.100. The van der Waals surface area contributed by atoms with E-state index in [4.69, 9.17) is 4.74 Å². The lowest BCUT2D eigenvalue weighted by atomic mass is 10.0. The third-order valence-electron chi connectivity index (χ3n) is 4.26. The van der Waals surface area contributed by atoms with Gasteiger partial charge in [-0.1, -0.05) is 6.07 Å². The smallest absolute Gasteiger partial charge is 0.270 e. The maximum absolute atomic E-state index is 12.3. The first-order valence-electron chi connectivity index (χ1n) is 9.16. The van der Waals surface area contributed by atoms with E-state index in [-0.39, 0.29) is 22.7 Å². The van der Waals surface area contributed by atoms with Gasteiger partial charge in [0.05, 0.1) is 22.0 Å². The largest absolute Gasteiger partial charge is 0.373 e. The van der Waals surface area contributed by atoms with Crippen molar-refractivity contribution >= 4 is 21.7 Å². The van der Waals surface area contributed by atoms with Crippen LogP contribution in [0.5, 0.6) is 0 Å². The normalized spacial score (nSPS) is 20.1. The van der Waals surface area contributed by atoms with Crippen LogP contribution >= 0.6 is 0 Å². The van der Waals surface area contributed by atoms with E-state index in [9.17, 15) is 18.5 Å². The van der Waals surface area contributed by atoms with E-state index in [0.29, 0.717) is 25.6 Å². The highest BCUT2D eigenvalue weighted by molar-refractivity contribution is 7.89. The van der Waals surface area contributed by atoms with Crippen LogP contribution in [-0.2, 0) is 14.8 Å². The number of hydrogen-bond acceptors (Lipinski definition) is 6. The Morgan fingerprint density at radius 2 is 2.14 bits per heavy atom. The van der Waals surface area contributed by atoms with Crippen LogP contribution in [0.2, 0.25) is 0 Å². The highest BCUT2D eigenvalue weighted by Gasteiger charge is 2.29. The summed E-state index contributed by atoms with van der Waals surface area (Å²) in [5, 5.41) is 17.0. The Hall–Kier alpha value is -2.24. The molecule has 0 radical (unpaired) electrons. The van der Waals surface area contributed by atoms with E-state index in [1.54, 1.807) is 0 Å². The Kier molecular flexibility index (Phi) is 7.72. The van der Waals surface area contributed by atoms with E-state index in [0.717, 1.165) is 25.5 Å². The molecule has 156 valence electrons. The van der Waals surface area contributed by atoms with E-state index < -0.39 is 14.9 Å². The van der Waals surface area contributed by atoms with Crippen molar-refractivity contribution < 1.29 is 18.1 Å². The summed E-state index contributed by atoms with van der Waals surface area (Å²) in [5.41, 5.74) is -0.531. The van der Waals surface area contributed by atoms with Crippen LogP contribution in [0.1, 0.15) is 26.7 Å². The van der Waals surface area contributed by atoms with Crippen molar-refractivity contribution in [3.63, 3.8) is 0 Å². The summed E-state index contributed by atoms with van der Waals surface area (Å²) in [6.07, 6.45) is 1.98. The molecule has 2 rings (SSSR count). The Labute approximate surface area is 165 Å². The van der Waals surface area contributed by atoms with Crippen molar-refractivity contribution in [2.45, 2.75) is 37.2 Å². The van der Waals surface area contributed by atoms with Crippen molar-refractivity contribution in [2.75, 3.05) is 32.8 Å². The lowest BCUT2D eigenvalue weighted by Gasteiger charge is -2.21. The third kappa shape index (κ3) is 6.43. The Morgan fingerprint density at radius 1 is 1.36 bits per heavy atom. The molecule has 0 spiro atoms. The molecular weight excluding hydrogens is 386 g/mol. The van der Waals surface area contributed by atoms with Crippen LogP contribution in [0.3, 0.4) is 0 Å². The molecule has 1 aromatic rings. The Bertz CT molecular complexity index is 806. The number of ether oxygens (including phenoxy) is 1. The summed E-state index contributed by atoms with van der Waals surface area (Å²) in [7, 11) is -3.84. The maximum atomic E-state index is 12.3. The predicted molar refractivity (Wildman–Crippen MR) is 106 cm³/mol. The minimum Gasteiger partial charge on any atom is -0.373 e. The van der Waals surface area contributed by atoms with Crippen LogP contribution in [-0.4, -0.2) is 57.7 Å². The highest BCUT2D eigenvalue weighted by Crippen LogP contribution is 2.25. The molecule has 0 aliphatic carbocycles. The molecule has 0 bridgehead atoms. The van der Waals surface area contributed by atoms with Gasteiger partial charge in [0.15, 0.2) is 5.96 Å². The number of nitrogens with zero attached hydrogens (tertiary/aromatic N) is 2. The lowest BCUT2D eigenvalue weighted by molar-refractivity contribution is -0.385. The second kappa shape index (κ2) is 9.80. The fourth-order valence-electron chi connectivity index (χ4n) is 2.76. The van der Waals surface area contributed by atoms with Crippen LogP contribution < -0.4 is 15.4 Å². The van der Waals surface area contributed by atoms with Gasteiger partial charge < -0.3 is 15.4 Å². The van der Waals surface area contributed by atoms with E-state index in [1.165, 1.54) is 18.2 Å². The summed E-state index contributed by atoms with van der Waals surface area (Å²) in [4.78, 5) is 14.5. The van der Waals surface area contributed by atoms with Crippen LogP contribution in [0.25, 0.3) is 0 Å². The molecule has 1 aliphatic rings. The number of nitrogens with one attached hydrogen (secondary N) is 3. The number of nitro benzene ring substituents is 1. The first kappa shape index (κ1) is 22.1. The third-order valence-corrected chi connectivity index (χ3v) is 5.72. The molecule has 11 heteroatoms. The molecule has 28 heavy (non-hydrogen) atoms. The average molecular weight is 414 g/mol. The molecule has 1 aliphatic heterocycles. The molecule has 0 aromatic heterocycles. The maximum Gasteiger partial charge on any atom is 0.270 e. The summed E-state index contributed by atoms with van der Waals surface area (Å²) >= 11 is 0. The highest BCUT2D eigenvalue weighted by atomic mass is 32.2. The fraction of sp³-hybridized carbons (Fsp3) is 0.588. The number of benzene rings is 1. The molecule has 0 amide bonds. The standard InChI is InChI=1S/C17H27N5O5S/c1-3-18-16(20-13-17(2)8-5-11-27-17)19-9-10-21-28(25,26)15-7-4-6-14(12-15)22(23)24/h4,6-7,12,21H,3,5,8-11,13H2,1-2H3,(H2,18,19,20). The quantitative estimate of drug-likeness (QED) is 0.181. The van der Waals surface area contributed by atoms with E-state index in [1.807, 2.05) is 13.8 Å². The number of non-ortho nitro benzene ring substituents is 1. The number of hydrogen-bond donors (Lipinski definition) is 3. The Morgan fingerprint density at radius 3 is 2.79 bits per heavy atom. The summed E-state index contributed by atoms with van der Waals surface area (Å²) in [6.45, 7) is 6.30. The number of sulfonamides is 1. The van der Waals surface area contributed by atoms with Gasteiger partial charge in [0.1, 0.15) is 0 Å². The molecule has 0 saturated carbocycles. The van der Waals surface area contributed by atoms with Crippen LogP contribution in [0, 0.1) is 10.1 Å². The molecular formula is C17H27N5O5S. The fourth-order valence-corrected chi connectivity index (χ4v) is 3.83. The molecule has 1 fully saturated rings. The molecule has 10 nitrogen and oxygen atoms in total. The van der Waals surface area contributed by atoms with Gasteiger partial charge in [-0.15, -0.1) is 0 Å². The van der Waals surface area contributed by atoms with Gasteiger partial charge >= 0.3 is 0 Å². The van der Waals surface area contributed by atoms with Crippen LogP contribution in [0.4, 0.5) is 5.69 Å². The SMILES string of the molecule is CCNC(=NCC1(C)CCCO1)NCCNS(=O)(=O)c1cccc([N+](=O)[O-])c1. The van der Waals surface area contributed by atoms with Crippen molar-refractivity contribution in [1.29, 1.82) is 0 Å². The zero-order valence-electron chi connectivity index (χ0n) is 16.1. The van der Waals surface area contributed by atoms with Crippen LogP contribution in [0.15, 0.2) is 34.2 Å². The summed E-state index contributed by atoms with van der Waals surface area (Å²) in [6, 6.07) is 4.93. The number of nitro groups is 1. The predicted octanol–water partition coefficient (Wildman–Crippen LogP) is 0.997. The van der Waals surface area contributed by atoms with Crippen molar-refractivity contribution in [3.8, 4) is 0 Å². The molecule has 1 unspecified atom stereocenters. The zero-order valence-corrected chi connectivity index (χ0v) is 16.9. The van der Waals surface area contributed by atoms with Gasteiger partial charge in [-0.2, -0.15) is 0 Å². The second-order valence-corrected chi connectivity index (χ2v) is 8.44. The molecule has 1 atom stereocenters. The monoisotopic (exact) mass is 413 g/mol. The molecule has 1 saturated heterocycles. The second-order valence-electron chi connectivity index (χ2n) is 6.68. The summed E-state index contributed by atoms with van der Waals surface area (Å²) < 4.78 is 32.7. The molecule has 1 aromatic carbocycles. The van der Waals surface area contributed by atoms with Crippen molar-refractivity contribution in [3.05, 3.63) is 34.4 Å². The number of rotatable bonds is 9. The van der Waals surface area contributed by atoms with Gasteiger partial charge in [-0.05, 0) is 32.8 Å². The average Bonchev–Trinajstić information content (AvgIpc) is 3.10. The van der Waals surface area contributed by atoms with Crippen molar-refractivity contribution in [2.24, 2.45) is 4.99 Å². The minimum atomic E-state index is -3.84. The van der Waals surface area contributed by atoms with Gasteiger partial charge in [0.25, 0.3) is 5.69 Å². The zero-order chi connectivity index (χ0) is 20.6. The van der Waals surface area contributed by atoms with Crippen molar-refractivity contribution in [1.82, 2.24) is 15.4 Å². The number of aliphatic imine (C=N–C) groups is 1. The topological polar surface area (TPSA) is 135 Å². The molecule has 1 heterocycles. The molecule has 3 N–H and O–H groups in total. The Balaban J connectivity index is 1.88. The van der Waals surface area contributed by atoms with Gasteiger partial charge in [0, 0.05) is 38.4 Å². The van der Waals surface area contributed by atoms with Gasteiger partial charge in [-0.3, -0.25) is 15.1 Å². The van der Waals surface area contributed by atoms with E-state index >= 15 is 0 Å².